The fourth-order valence-corrected chi connectivity index (χ4v) is 2.52. The number of fused-ring (bicyclic) bond motifs is 1. The molecule has 1 unspecified atom stereocenters. The minimum absolute atomic E-state index is 0.126. The molecule has 0 aromatic heterocycles. The van der Waals surface area contributed by atoms with Gasteiger partial charge in [-0.05, 0) is 42.8 Å². The Balaban J connectivity index is 1.80. The van der Waals surface area contributed by atoms with Crippen molar-refractivity contribution < 1.29 is 18.7 Å². The summed E-state index contributed by atoms with van der Waals surface area (Å²) in [5.74, 6) is 0.826. The third kappa shape index (κ3) is 3.13. The average Bonchev–Trinajstić information content (AvgIpc) is 2.60. The maximum atomic E-state index is 13.0. The lowest BCUT2D eigenvalue weighted by Gasteiger charge is -2.26. The minimum Gasteiger partial charge on any atom is -0.486 e. The highest BCUT2D eigenvalue weighted by atomic mass is 19.1. The van der Waals surface area contributed by atoms with Gasteiger partial charge in [-0.15, -0.1) is 0 Å². The summed E-state index contributed by atoms with van der Waals surface area (Å²) >= 11 is 0. The molecule has 2 aromatic carbocycles. The summed E-state index contributed by atoms with van der Waals surface area (Å²) in [6, 6.07) is 11.2. The molecule has 4 nitrogen and oxygen atoms in total. The molecule has 1 aliphatic heterocycles. The number of benzene rings is 2. The molecular weight excluding hydrogens is 297 g/mol. The second-order valence-corrected chi connectivity index (χ2v) is 5.50. The van der Waals surface area contributed by atoms with Gasteiger partial charge in [-0.1, -0.05) is 12.1 Å². The van der Waals surface area contributed by atoms with E-state index in [-0.39, 0.29) is 17.8 Å². The molecule has 120 valence electrons. The number of ether oxygens (including phenoxy) is 2. The maximum absolute atomic E-state index is 13.0. The molecule has 5 heteroatoms. The van der Waals surface area contributed by atoms with Gasteiger partial charge in [-0.3, -0.25) is 4.79 Å². The Hall–Kier alpha value is -2.56. The van der Waals surface area contributed by atoms with Gasteiger partial charge in [0.1, 0.15) is 19.0 Å². The van der Waals surface area contributed by atoms with Crippen LogP contribution in [0.3, 0.4) is 0 Å². The molecule has 1 heterocycles. The lowest BCUT2D eigenvalue weighted by atomic mass is 10.1. The first kappa shape index (κ1) is 15.3. The van der Waals surface area contributed by atoms with Crippen molar-refractivity contribution in [2.75, 3.05) is 20.3 Å². The first-order valence-corrected chi connectivity index (χ1v) is 7.48. The molecule has 1 amide bonds. The summed E-state index contributed by atoms with van der Waals surface area (Å²) in [6.07, 6.45) is 0. The molecule has 0 spiro atoms. The van der Waals surface area contributed by atoms with Crippen molar-refractivity contribution in [3.8, 4) is 11.5 Å². The maximum Gasteiger partial charge on any atom is 0.254 e. The fraction of sp³-hybridized carbons (Fsp3) is 0.278. The van der Waals surface area contributed by atoms with E-state index in [9.17, 15) is 9.18 Å². The number of amides is 1. The summed E-state index contributed by atoms with van der Waals surface area (Å²) in [7, 11) is 1.73. The molecular formula is C18H18FNO3. The molecule has 0 radical (unpaired) electrons. The predicted octanol–water partition coefficient (Wildman–Crippen LogP) is 3.43. The smallest absolute Gasteiger partial charge is 0.254 e. The van der Waals surface area contributed by atoms with Crippen LogP contribution in [0.2, 0.25) is 0 Å². The number of halogens is 1. The summed E-state index contributed by atoms with van der Waals surface area (Å²) < 4.78 is 24.0. The zero-order chi connectivity index (χ0) is 16.4. The van der Waals surface area contributed by atoms with Crippen molar-refractivity contribution in [3.63, 3.8) is 0 Å². The van der Waals surface area contributed by atoms with E-state index in [1.165, 1.54) is 12.1 Å². The normalized spacial score (nSPS) is 14.2. The van der Waals surface area contributed by atoms with Crippen LogP contribution < -0.4 is 9.47 Å². The molecule has 3 rings (SSSR count). The lowest BCUT2D eigenvalue weighted by molar-refractivity contribution is 0.0741. The predicted molar refractivity (Wildman–Crippen MR) is 84.3 cm³/mol. The third-order valence-electron chi connectivity index (χ3n) is 4.04. The van der Waals surface area contributed by atoms with Gasteiger partial charge in [0, 0.05) is 12.6 Å². The average molecular weight is 315 g/mol. The van der Waals surface area contributed by atoms with Gasteiger partial charge in [0.2, 0.25) is 0 Å². The van der Waals surface area contributed by atoms with Crippen molar-refractivity contribution in [3.05, 3.63) is 59.4 Å². The Kier molecular flexibility index (Phi) is 4.19. The molecule has 0 saturated heterocycles. The summed E-state index contributed by atoms with van der Waals surface area (Å²) in [5.41, 5.74) is 1.41. The number of hydrogen-bond acceptors (Lipinski definition) is 3. The van der Waals surface area contributed by atoms with Crippen LogP contribution in [0.1, 0.15) is 28.9 Å². The van der Waals surface area contributed by atoms with E-state index in [1.54, 1.807) is 42.3 Å². The molecule has 0 fully saturated rings. The summed E-state index contributed by atoms with van der Waals surface area (Å²) in [4.78, 5) is 14.3. The van der Waals surface area contributed by atoms with Gasteiger partial charge in [0.05, 0.1) is 6.04 Å². The van der Waals surface area contributed by atoms with Crippen molar-refractivity contribution in [1.82, 2.24) is 4.90 Å². The molecule has 1 aliphatic rings. The van der Waals surface area contributed by atoms with Crippen LogP contribution >= 0.6 is 0 Å². The van der Waals surface area contributed by atoms with Crippen molar-refractivity contribution in [1.29, 1.82) is 0 Å². The Labute approximate surface area is 134 Å². The van der Waals surface area contributed by atoms with E-state index in [1.807, 2.05) is 6.92 Å². The zero-order valence-electron chi connectivity index (χ0n) is 13.1. The minimum atomic E-state index is -0.290. The standard InChI is InChI=1S/C18H18FNO3/c1-12(13-3-6-15(19)7-4-13)20(2)18(21)14-5-8-16-17(11-14)23-10-9-22-16/h3-8,11-12H,9-10H2,1-2H3. The molecule has 0 saturated carbocycles. The van der Waals surface area contributed by atoms with E-state index in [0.29, 0.717) is 30.3 Å². The van der Waals surface area contributed by atoms with Gasteiger partial charge >= 0.3 is 0 Å². The van der Waals surface area contributed by atoms with Crippen molar-refractivity contribution in [2.45, 2.75) is 13.0 Å². The van der Waals surface area contributed by atoms with Crippen LogP contribution in [0.4, 0.5) is 4.39 Å². The largest absolute Gasteiger partial charge is 0.486 e. The van der Waals surface area contributed by atoms with E-state index in [2.05, 4.69) is 0 Å². The Morgan fingerprint density at radius 3 is 2.43 bits per heavy atom. The molecule has 0 aliphatic carbocycles. The lowest BCUT2D eigenvalue weighted by Crippen LogP contribution is -2.29. The summed E-state index contributed by atoms with van der Waals surface area (Å²) in [6.45, 7) is 2.90. The molecule has 0 bridgehead atoms. The topological polar surface area (TPSA) is 38.8 Å². The highest BCUT2D eigenvalue weighted by Gasteiger charge is 2.21. The SMILES string of the molecule is CC(c1ccc(F)cc1)N(C)C(=O)c1ccc2c(c1)OCCO2. The second kappa shape index (κ2) is 6.28. The van der Waals surface area contributed by atoms with E-state index in [0.717, 1.165) is 5.56 Å². The monoisotopic (exact) mass is 315 g/mol. The Morgan fingerprint density at radius 1 is 1.09 bits per heavy atom. The van der Waals surface area contributed by atoms with Gasteiger partial charge in [-0.25, -0.2) is 4.39 Å². The number of carbonyl (C=O) groups is 1. The van der Waals surface area contributed by atoms with Crippen LogP contribution in [0.5, 0.6) is 11.5 Å². The Bertz CT molecular complexity index is 715. The molecule has 1 atom stereocenters. The quantitative estimate of drug-likeness (QED) is 0.871. The van der Waals surface area contributed by atoms with E-state index < -0.39 is 0 Å². The van der Waals surface area contributed by atoms with Crippen molar-refractivity contribution in [2.24, 2.45) is 0 Å². The van der Waals surface area contributed by atoms with Crippen LogP contribution in [0.15, 0.2) is 42.5 Å². The Morgan fingerprint density at radius 2 is 1.74 bits per heavy atom. The first-order valence-electron chi connectivity index (χ1n) is 7.48. The van der Waals surface area contributed by atoms with Crippen LogP contribution in [0, 0.1) is 5.82 Å². The third-order valence-corrected chi connectivity index (χ3v) is 4.04. The molecule has 2 aromatic rings. The van der Waals surface area contributed by atoms with Gasteiger partial charge in [-0.2, -0.15) is 0 Å². The van der Waals surface area contributed by atoms with Crippen LogP contribution in [-0.2, 0) is 0 Å². The van der Waals surface area contributed by atoms with Crippen molar-refractivity contribution >= 4 is 5.91 Å². The number of nitrogens with zero attached hydrogens (tertiary/aromatic N) is 1. The van der Waals surface area contributed by atoms with Crippen LogP contribution in [-0.4, -0.2) is 31.1 Å². The number of carbonyl (C=O) groups excluding carboxylic acids is 1. The number of rotatable bonds is 3. The van der Waals surface area contributed by atoms with Gasteiger partial charge in [0.15, 0.2) is 11.5 Å². The summed E-state index contributed by atoms with van der Waals surface area (Å²) in [5, 5.41) is 0. The molecule has 0 N–H and O–H groups in total. The molecule has 23 heavy (non-hydrogen) atoms. The zero-order valence-corrected chi connectivity index (χ0v) is 13.1. The van der Waals surface area contributed by atoms with Crippen LogP contribution in [0.25, 0.3) is 0 Å². The van der Waals surface area contributed by atoms with Gasteiger partial charge in [0.25, 0.3) is 5.91 Å². The second-order valence-electron chi connectivity index (χ2n) is 5.50. The van der Waals surface area contributed by atoms with E-state index >= 15 is 0 Å². The highest BCUT2D eigenvalue weighted by Crippen LogP contribution is 2.31. The first-order chi connectivity index (χ1) is 11.1. The highest BCUT2D eigenvalue weighted by molar-refractivity contribution is 5.95. The number of hydrogen-bond donors (Lipinski definition) is 0. The van der Waals surface area contributed by atoms with E-state index in [4.69, 9.17) is 9.47 Å². The fourth-order valence-electron chi connectivity index (χ4n) is 2.52. The van der Waals surface area contributed by atoms with Gasteiger partial charge < -0.3 is 14.4 Å².